The van der Waals surface area contributed by atoms with E-state index in [-0.39, 0.29) is 0 Å². The minimum atomic E-state index is 0.405. The molecule has 0 radical (unpaired) electrons. The van der Waals surface area contributed by atoms with Gasteiger partial charge in [0.1, 0.15) is 5.82 Å². The van der Waals surface area contributed by atoms with E-state index in [1.165, 1.54) is 0 Å². The van der Waals surface area contributed by atoms with E-state index in [2.05, 4.69) is 30.4 Å². The maximum absolute atomic E-state index is 5.51. The summed E-state index contributed by atoms with van der Waals surface area (Å²) < 4.78 is 0. The van der Waals surface area contributed by atoms with Crippen LogP contribution in [0.3, 0.4) is 0 Å². The molecule has 1 saturated heterocycles. The van der Waals surface area contributed by atoms with Crippen molar-refractivity contribution >= 4 is 11.8 Å². The van der Waals surface area contributed by atoms with Gasteiger partial charge in [0, 0.05) is 44.1 Å². The lowest BCUT2D eigenvalue weighted by atomic mass is 10.2. The number of rotatable bonds is 2. The second kappa shape index (κ2) is 5.15. The molecular formula is C12H15N7. The summed E-state index contributed by atoms with van der Waals surface area (Å²) in [5.74, 6) is 1.16. The number of hydrogen-bond acceptors (Lipinski definition) is 7. The van der Waals surface area contributed by atoms with Gasteiger partial charge < -0.3 is 16.0 Å². The molecule has 0 spiro atoms. The quantitative estimate of drug-likeness (QED) is 0.777. The molecule has 7 heteroatoms. The van der Waals surface area contributed by atoms with E-state index >= 15 is 0 Å². The third-order valence-electron chi connectivity index (χ3n) is 3.02. The number of nitrogens with one attached hydrogen (secondary N) is 1. The number of nitrogens with zero attached hydrogens (tertiary/aromatic N) is 5. The highest BCUT2D eigenvalue weighted by atomic mass is 15.3. The first-order valence-corrected chi connectivity index (χ1v) is 6.20. The van der Waals surface area contributed by atoms with Crippen molar-refractivity contribution in [3.05, 3.63) is 24.5 Å². The predicted molar refractivity (Wildman–Crippen MR) is 72.6 cm³/mol. The summed E-state index contributed by atoms with van der Waals surface area (Å²) in [7, 11) is 0. The Kier molecular flexibility index (Phi) is 3.20. The third-order valence-corrected chi connectivity index (χ3v) is 3.02. The van der Waals surface area contributed by atoms with E-state index in [0.29, 0.717) is 5.82 Å². The molecule has 1 aliphatic rings. The van der Waals surface area contributed by atoms with Gasteiger partial charge in [-0.15, -0.1) is 10.2 Å². The predicted octanol–water partition coefficient (Wildman–Crippen LogP) is -0.0746. The standard InChI is InChI=1S/C12H15N7/c13-11-2-1-10(17-18-11)9-7-15-12(16-8-9)19-5-3-14-4-6-19/h1-2,7-8,14H,3-6H2,(H2,13,18). The molecule has 3 rings (SSSR count). The Bertz CT molecular complexity index is 531. The Morgan fingerprint density at radius 2 is 1.79 bits per heavy atom. The topological polar surface area (TPSA) is 92.8 Å². The lowest BCUT2D eigenvalue weighted by Gasteiger charge is -2.27. The molecule has 98 valence electrons. The minimum absolute atomic E-state index is 0.405. The summed E-state index contributed by atoms with van der Waals surface area (Å²) in [6.07, 6.45) is 3.54. The summed E-state index contributed by atoms with van der Waals surface area (Å²) in [5, 5.41) is 11.1. The van der Waals surface area contributed by atoms with Crippen molar-refractivity contribution in [2.75, 3.05) is 36.8 Å². The molecular weight excluding hydrogens is 242 g/mol. The molecule has 0 bridgehead atoms. The van der Waals surface area contributed by atoms with Crippen LogP contribution in [0.2, 0.25) is 0 Å². The number of piperazine rings is 1. The van der Waals surface area contributed by atoms with Gasteiger partial charge in [0.2, 0.25) is 5.95 Å². The van der Waals surface area contributed by atoms with Gasteiger partial charge in [0.05, 0.1) is 5.69 Å². The van der Waals surface area contributed by atoms with Crippen molar-refractivity contribution in [3.8, 4) is 11.3 Å². The van der Waals surface area contributed by atoms with Gasteiger partial charge in [-0.2, -0.15) is 0 Å². The molecule has 0 aliphatic carbocycles. The Hall–Kier alpha value is -2.28. The van der Waals surface area contributed by atoms with E-state index in [1.807, 2.05) is 6.07 Å². The van der Waals surface area contributed by atoms with Crippen LogP contribution in [-0.2, 0) is 0 Å². The highest BCUT2D eigenvalue weighted by Crippen LogP contribution is 2.16. The monoisotopic (exact) mass is 257 g/mol. The van der Waals surface area contributed by atoms with Crippen LogP contribution in [0.15, 0.2) is 24.5 Å². The molecule has 19 heavy (non-hydrogen) atoms. The largest absolute Gasteiger partial charge is 0.382 e. The van der Waals surface area contributed by atoms with E-state index in [9.17, 15) is 0 Å². The van der Waals surface area contributed by atoms with E-state index in [1.54, 1.807) is 18.5 Å². The Morgan fingerprint density at radius 3 is 2.42 bits per heavy atom. The molecule has 1 aliphatic heterocycles. The Morgan fingerprint density at radius 1 is 1.05 bits per heavy atom. The fourth-order valence-corrected chi connectivity index (χ4v) is 1.98. The van der Waals surface area contributed by atoms with Crippen molar-refractivity contribution in [1.82, 2.24) is 25.5 Å². The van der Waals surface area contributed by atoms with Crippen LogP contribution in [0, 0.1) is 0 Å². The highest BCUT2D eigenvalue weighted by Gasteiger charge is 2.12. The Balaban J connectivity index is 1.80. The van der Waals surface area contributed by atoms with Gasteiger partial charge in [-0.1, -0.05) is 0 Å². The summed E-state index contributed by atoms with van der Waals surface area (Å²) in [5.41, 5.74) is 7.07. The summed E-state index contributed by atoms with van der Waals surface area (Å²) >= 11 is 0. The smallest absolute Gasteiger partial charge is 0.225 e. The molecule has 0 amide bonds. The van der Waals surface area contributed by atoms with E-state index in [0.717, 1.165) is 43.4 Å². The second-order valence-corrected chi connectivity index (χ2v) is 4.35. The fourth-order valence-electron chi connectivity index (χ4n) is 1.98. The van der Waals surface area contributed by atoms with Crippen LogP contribution >= 0.6 is 0 Å². The Labute approximate surface area is 110 Å². The molecule has 0 atom stereocenters. The van der Waals surface area contributed by atoms with Crippen molar-refractivity contribution in [2.24, 2.45) is 0 Å². The third kappa shape index (κ3) is 2.60. The number of hydrogen-bond donors (Lipinski definition) is 2. The first-order chi connectivity index (χ1) is 9.33. The number of nitrogen functional groups attached to an aromatic ring is 1. The van der Waals surface area contributed by atoms with E-state index in [4.69, 9.17) is 5.73 Å². The summed E-state index contributed by atoms with van der Waals surface area (Å²) in [4.78, 5) is 10.9. The van der Waals surface area contributed by atoms with Crippen LogP contribution in [0.1, 0.15) is 0 Å². The zero-order valence-electron chi connectivity index (χ0n) is 10.5. The van der Waals surface area contributed by atoms with Crippen LogP contribution < -0.4 is 16.0 Å². The average Bonchev–Trinajstić information content (AvgIpc) is 2.49. The SMILES string of the molecule is Nc1ccc(-c2cnc(N3CCNCC3)nc2)nn1. The summed E-state index contributed by atoms with van der Waals surface area (Å²) in [6.45, 7) is 3.80. The maximum atomic E-state index is 5.51. The average molecular weight is 257 g/mol. The number of anilines is 2. The van der Waals surface area contributed by atoms with Crippen LogP contribution in [0.5, 0.6) is 0 Å². The molecule has 7 nitrogen and oxygen atoms in total. The van der Waals surface area contributed by atoms with Crippen molar-refractivity contribution < 1.29 is 0 Å². The van der Waals surface area contributed by atoms with Crippen molar-refractivity contribution in [1.29, 1.82) is 0 Å². The molecule has 3 heterocycles. The molecule has 0 aromatic carbocycles. The zero-order valence-corrected chi connectivity index (χ0v) is 10.5. The molecule has 2 aromatic heterocycles. The van der Waals surface area contributed by atoms with Gasteiger partial charge in [0.25, 0.3) is 0 Å². The van der Waals surface area contributed by atoms with Crippen LogP contribution in [0.25, 0.3) is 11.3 Å². The molecule has 2 aromatic rings. The van der Waals surface area contributed by atoms with Gasteiger partial charge in [-0.3, -0.25) is 0 Å². The van der Waals surface area contributed by atoms with Crippen LogP contribution in [0.4, 0.5) is 11.8 Å². The molecule has 3 N–H and O–H groups in total. The zero-order chi connectivity index (χ0) is 13.1. The van der Waals surface area contributed by atoms with Gasteiger partial charge in [-0.05, 0) is 12.1 Å². The van der Waals surface area contributed by atoms with Gasteiger partial charge in [0.15, 0.2) is 0 Å². The number of aromatic nitrogens is 4. The maximum Gasteiger partial charge on any atom is 0.225 e. The normalized spacial score (nSPS) is 15.5. The lowest BCUT2D eigenvalue weighted by molar-refractivity contribution is 0.580. The first-order valence-electron chi connectivity index (χ1n) is 6.20. The lowest BCUT2D eigenvalue weighted by Crippen LogP contribution is -2.44. The minimum Gasteiger partial charge on any atom is -0.382 e. The molecule has 0 saturated carbocycles. The molecule has 1 fully saturated rings. The van der Waals surface area contributed by atoms with E-state index < -0.39 is 0 Å². The highest BCUT2D eigenvalue weighted by molar-refractivity contribution is 5.57. The van der Waals surface area contributed by atoms with Crippen molar-refractivity contribution in [3.63, 3.8) is 0 Å². The second-order valence-electron chi connectivity index (χ2n) is 4.35. The molecule has 0 unspecified atom stereocenters. The summed E-state index contributed by atoms with van der Waals surface area (Å²) in [6, 6.07) is 3.53. The van der Waals surface area contributed by atoms with Gasteiger partial charge >= 0.3 is 0 Å². The first kappa shape index (κ1) is 11.8. The van der Waals surface area contributed by atoms with Crippen LogP contribution in [-0.4, -0.2) is 46.3 Å². The fraction of sp³-hybridized carbons (Fsp3) is 0.333. The van der Waals surface area contributed by atoms with Gasteiger partial charge in [-0.25, -0.2) is 9.97 Å². The number of nitrogens with two attached hydrogens (primary N) is 1. The van der Waals surface area contributed by atoms with Crippen molar-refractivity contribution in [2.45, 2.75) is 0 Å².